The molecule has 1 aliphatic rings. The summed E-state index contributed by atoms with van der Waals surface area (Å²) in [5.74, 6) is 0.317. The van der Waals surface area contributed by atoms with Crippen LogP contribution in [0.25, 0.3) is 0 Å². The topological polar surface area (TPSA) is 64.3 Å². The summed E-state index contributed by atoms with van der Waals surface area (Å²) in [6.45, 7) is 4.44. The minimum Gasteiger partial charge on any atom is -0.381 e. The van der Waals surface area contributed by atoms with Gasteiger partial charge in [0.15, 0.2) is 0 Å². The molecule has 0 bridgehead atoms. The third-order valence-corrected chi connectivity index (χ3v) is 3.25. The average Bonchev–Trinajstić information content (AvgIpc) is 2.74. The van der Waals surface area contributed by atoms with Crippen LogP contribution in [-0.2, 0) is 9.53 Å². The second kappa shape index (κ2) is 10.6. The Kier molecular flexibility index (Phi) is 10.4. The van der Waals surface area contributed by atoms with Gasteiger partial charge in [-0.15, -0.1) is 12.4 Å². The predicted octanol–water partition coefficient (Wildman–Crippen LogP) is 1.86. The number of amides is 1. The molecule has 4 nitrogen and oxygen atoms in total. The summed E-state index contributed by atoms with van der Waals surface area (Å²) in [7, 11) is 0. The van der Waals surface area contributed by atoms with Gasteiger partial charge < -0.3 is 15.8 Å². The van der Waals surface area contributed by atoms with Gasteiger partial charge in [-0.2, -0.15) is 0 Å². The molecule has 0 radical (unpaired) electrons. The highest BCUT2D eigenvalue weighted by atomic mass is 35.5. The molecule has 0 heterocycles. The number of nitrogens with two attached hydrogens (primary N) is 1. The molecule has 18 heavy (non-hydrogen) atoms. The third-order valence-electron chi connectivity index (χ3n) is 3.25. The van der Waals surface area contributed by atoms with Gasteiger partial charge >= 0.3 is 0 Å². The quantitative estimate of drug-likeness (QED) is 0.666. The number of hydrogen-bond donors (Lipinski definition) is 2. The zero-order valence-corrected chi connectivity index (χ0v) is 12.1. The maximum Gasteiger partial charge on any atom is 0.223 e. The molecule has 1 rings (SSSR count). The first-order valence-corrected chi connectivity index (χ1v) is 6.85. The van der Waals surface area contributed by atoms with Crippen molar-refractivity contribution in [3.8, 4) is 0 Å². The van der Waals surface area contributed by atoms with Crippen molar-refractivity contribution in [2.45, 2.75) is 51.5 Å². The Morgan fingerprint density at radius 1 is 1.33 bits per heavy atom. The van der Waals surface area contributed by atoms with Gasteiger partial charge in [0, 0.05) is 31.7 Å². The Morgan fingerprint density at radius 3 is 2.67 bits per heavy atom. The van der Waals surface area contributed by atoms with Crippen LogP contribution in [0.3, 0.4) is 0 Å². The zero-order valence-electron chi connectivity index (χ0n) is 11.3. The Hall–Kier alpha value is -0.320. The molecule has 0 aromatic carbocycles. The largest absolute Gasteiger partial charge is 0.381 e. The van der Waals surface area contributed by atoms with Crippen LogP contribution in [0, 0.1) is 5.92 Å². The van der Waals surface area contributed by atoms with E-state index in [-0.39, 0.29) is 30.3 Å². The van der Waals surface area contributed by atoms with Crippen molar-refractivity contribution in [2.75, 3.05) is 19.8 Å². The van der Waals surface area contributed by atoms with E-state index in [4.69, 9.17) is 10.5 Å². The van der Waals surface area contributed by atoms with Gasteiger partial charge in [0.25, 0.3) is 0 Å². The second-order valence-corrected chi connectivity index (χ2v) is 4.88. The van der Waals surface area contributed by atoms with Crippen LogP contribution in [0.15, 0.2) is 0 Å². The highest BCUT2D eigenvalue weighted by Crippen LogP contribution is 2.23. The average molecular weight is 279 g/mol. The number of halogens is 1. The molecule has 2 unspecified atom stereocenters. The van der Waals surface area contributed by atoms with Gasteiger partial charge in [-0.3, -0.25) is 4.79 Å². The lowest BCUT2D eigenvalue weighted by molar-refractivity contribution is -0.124. The lowest BCUT2D eigenvalue weighted by Gasteiger charge is -2.10. The molecule has 0 aliphatic heterocycles. The van der Waals surface area contributed by atoms with Crippen molar-refractivity contribution in [1.29, 1.82) is 0 Å². The molecule has 0 saturated heterocycles. The molecule has 1 amide bonds. The molecule has 3 N–H and O–H groups in total. The van der Waals surface area contributed by atoms with Crippen LogP contribution in [0.5, 0.6) is 0 Å². The first-order chi connectivity index (χ1) is 8.24. The predicted molar refractivity (Wildman–Crippen MR) is 75.9 cm³/mol. The number of unbranched alkanes of at least 4 members (excludes halogenated alkanes) is 1. The molecular weight excluding hydrogens is 252 g/mol. The van der Waals surface area contributed by atoms with Crippen molar-refractivity contribution in [3.63, 3.8) is 0 Å². The van der Waals surface area contributed by atoms with E-state index in [0.717, 1.165) is 51.9 Å². The summed E-state index contributed by atoms with van der Waals surface area (Å²) in [4.78, 5) is 11.7. The number of hydrogen-bond acceptors (Lipinski definition) is 3. The van der Waals surface area contributed by atoms with Gasteiger partial charge in [-0.1, -0.05) is 13.3 Å². The summed E-state index contributed by atoms with van der Waals surface area (Å²) in [5.41, 5.74) is 5.79. The van der Waals surface area contributed by atoms with Gasteiger partial charge in [0.1, 0.15) is 0 Å². The molecule has 1 aliphatic carbocycles. The monoisotopic (exact) mass is 278 g/mol. The molecule has 108 valence electrons. The maximum absolute atomic E-state index is 11.7. The SMILES string of the molecule is CCCCOCCCNC(=O)C1CCC(N)C1.Cl. The molecule has 0 aromatic heterocycles. The van der Waals surface area contributed by atoms with Crippen LogP contribution < -0.4 is 11.1 Å². The van der Waals surface area contributed by atoms with Gasteiger partial charge in [-0.25, -0.2) is 0 Å². The number of carbonyl (C=O) groups excluding carboxylic acids is 1. The van der Waals surface area contributed by atoms with Gasteiger partial charge in [-0.05, 0) is 32.1 Å². The van der Waals surface area contributed by atoms with Crippen molar-refractivity contribution < 1.29 is 9.53 Å². The summed E-state index contributed by atoms with van der Waals surface area (Å²) < 4.78 is 5.43. The third kappa shape index (κ3) is 7.19. The van der Waals surface area contributed by atoms with Crippen molar-refractivity contribution in [2.24, 2.45) is 11.7 Å². The summed E-state index contributed by atoms with van der Waals surface area (Å²) in [6.07, 6.45) is 5.95. The Morgan fingerprint density at radius 2 is 2.06 bits per heavy atom. The van der Waals surface area contributed by atoms with Crippen LogP contribution in [-0.4, -0.2) is 31.7 Å². The number of ether oxygens (including phenoxy) is 1. The molecule has 5 heteroatoms. The second-order valence-electron chi connectivity index (χ2n) is 4.88. The van der Waals surface area contributed by atoms with E-state index < -0.39 is 0 Å². The number of nitrogens with one attached hydrogen (secondary N) is 1. The van der Waals surface area contributed by atoms with E-state index in [1.165, 1.54) is 6.42 Å². The Bertz CT molecular complexity index is 227. The van der Waals surface area contributed by atoms with Crippen LogP contribution in [0.2, 0.25) is 0 Å². The summed E-state index contributed by atoms with van der Waals surface area (Å²) >= 11 is 0. The first-order valence-electron chi connectivity index (χ1n) is 6.85. The smallest absolute Gasteiger partial charge is 0.223 e. The molecular formula is C13H27ClN2O2. The molecule has 2 atom stereocenters. The normalized spacial score (nSPS) is 22.6. The summed E-state index contributed by atoms with van der Waals surface area (Å²) in [6, 6.07) is 0.225. The van der Waals surface area contributed by atoms with E-state index in [1.54, 1.807) is 0 Å². The number of rotatable bonds is 8. The van der Waals surface area contributed by atoms with E-state index >= 15 is 0 Å². The lowest BCUT2D eigenvalue weighted by Crippen LogP contribution is -2.31. The molecule has 0 spiro atoms. The summed E-state index contributed by atoms with van der Waals surface area (Å²) in [5, 5.41) is 2.96. The first kappa shape index (κ1) is 17.7. The highest BCUT2D eigenvalue weighted by molar-refractivity contribution is 5.85. The standard InChI is InChI=1S/C13H26N2O2.ClH/c1-2-3-8-17-9-4-7-15-13(16)11-5-6-12(14)10-11;/h11-12H,2-10,14H2,1H3,(H,15,16);1H. The van der Waals surface area contributed by atoms with Gasteiger partial charge in [0.2, 0.25) is 5.91 Å². The van der Waals surface area contributed by atoms with Crippen LogP contribution >= 0.6 is 12.4 Å². The highest BCUT2D eigenvalue weighted by Gasteiger charge is 2.27. The van der Waals surface area contributed by atoms with Crippen LogP contribution in [0.4, 0.5) is 0 Å². The van der Waals surface area contributed by atoms with Crippen LogP contribution in [0.1, 0.15) is 45.4 Å². The molecule has 1 fully saturated rings. The van der Waals surface area contributed by atoms with Gasteiger partial charge in [0.05, 0.1) is 0 Å². The van der Waals surface area contributed by atoms with E-state index in [1.807, 2.05) is 0 Å². The van der Waals surface area contributed by atoms with E-state index in [2.05, 4.69) is 12.2 Å². The fourth-order valence-corrected chi connectivity index (χ4v) is 2.13. The zero-order chi connectivity index (χ0) is 12.5. The van der Waals surface area contributed by atoms with Crippen molar-refractivity contribution in [1.82, 2.24) is 5.32 Å². The lowest BCUT2D eigenvalue weighted by atomic mass is 10.1. The molecule has 0 aromatic rings. The Labute approximate surface area is 116 Å². The van der Waals surface area contributed by atoms with Crippen molar-refractivity contribution in [3.05, 3.63) is 0 Å². The minimum atomic E-state index is 0. The fourth-order valence-electron chi connectivity index (χ4n) is 2.13. The molecule has 1 saturated carbocycles. The van der Waals surface area contributed by atoms with E-state index in [9.17, 15) is 4.79 Å². The maximum atomic E-state index is 11.7. The van der Waals surface area contributed by atoms with Crippen molar-refractivity contribution >= 4 is 18.3 Å². The minimum absolute atomic E-state index is 0. The number of carbonyl (C=O) groups is 1. The fraction of sp³-hybridized carbons (Fsp3) is 0.923. The van der Waals surface area contributed by atoms with E-state index in [0.29, 0.717) is 0 Å². The Balaban J connectivity index is 0.00000289.